The standard InChI is InChI=1S/C28H34FN3/c1-17-15-30-18(2)11-20(19(17)3)5-4-6-24-13-22-12-21(7-10-27(22)32-24)26-16-31-28-14-23(29)8-9-25(26)28/h7-10,12-14,16-20,30-32H,4-6,11,15H2,1-3H3. The van der Waals surface area contributed by atoms with E-state index in [4.69, 9.17) is 0 Å². The van der Waals surface area contributed by atoms with E-state index in [2.05, 4.69) is 60.3 Å². The quantitative estimate of drug-likeness (QED) is 0.311. The first-order chi connectivity index (χ1) is 15.5. The van der Waals surface area contributed by atoms with Gasteiger partial charge in [0.05, 0.1) is 0 Å². The lowest BCUT2D eigenvalue weighted by atomic mass is 9.79. The third kappa shape index (κ3) is 4.21. The smallest absolute Gasteiger partial charge is 0.125 e. The van der Waals surface area contributed by atoms with E-state index in [9.17, 15) is 4.39 Å². The van der Waals surface area contributed by atoms with E-state index in [0.717, 1.165) is 52.7 Å². The van der Waals surface area contributed by atoms with Crippen LogP contribution in [0.1, 0.15) is 45.7 Å². The Hall–Kier alpha value is -2.59. The third-order valence-electron chi connectivity index (χ3n) is 7.74. The van der Waals surface area contributed by atoms with E-state index in [1.54, 1.807) is 6.07 Å². The number of halogens is 1. The SMILES string of the molecule is CC1CC(CCCc2cc3cc(-c4c[nH]c5cc(F)ccc45)ccc3[nH]2)C(C)C(C)CN1. The van der Waals surface area contributed by atoms with E-state index in [-0.39, 0.29) is 5.82 Å². The fourth-order valence-electron chi connectivity index (χ4n) is 5.56. The van der Waals surface area contributed by atoms with Gasteiger partial charge in [-0.1, -0.05) is 19.9 Å². The number of aromatic amines is 2. The van der Waals surface area contributed by atoms with E-state index < -0.39 is 0 Å². The molecule has 3 N–H and O–H groups in total. The highest BCUT2D eigenvalue weighted by molar-refractivity contribution is 5.97. The van der Waals surface area contributed by atoms with Crippen LogP contribution in [0.25, 0.3) is 32.9 Å². The average Bonchev–Trinajstić information content (AvgIpc) is 3.35. The van der Waals surface area contributed by atoms with Crippen LogP contribution in [0, 0.1) is 23.6 Å². The van der Waals surface area contributed by atoms with Gasteiger partial charge in [0.1, 0.15) is 5.82 Å². The normalized spacial score (nSPS) is 24.2. The lowest BCUT2D eigenvalue weighted by molar-refractivity contribution is 0.253. The number of benzene rings is 2. The predicted octanol–water partition coefficient (Wildman–Crippen LogP) is 7.05. The summed E-state index contributed by atoms with van der Waals surface area (Å²) in [6, 6.07) is 14.4. The molecule has 3 nitrogen and oxygen atoms in total. The molecule has 32 heavy (non-hydrogen) atoms. The zero-order valence-electron chi connectivity index (χ0n) is 19.3. The first-order valence-corrected chi connectivity index (χ1v) is 12.1. The van der Waals surface area contributed by atoms with E-state index in [1.807, 2.05) is 12.3 Å². The van der Waals surface area contributed by atoms with Crippen molar-refractivity contribution in [1.82, 2.24) is 15.3 Å². The van der Waals surface area contributed by atoms with Crippen LogP contribution in [0.15, 0.2) is 48.7 Å². The van der Waals surface area contributed by atoms with Gasteiger partial charge < -0.3 is 15.3 Å². The number of aryl methyl sites for hydroxylation is 1. The molecule has 0 amide bonds. The Labute approximate surface area is 189 Å². The van der Waals surface area contributed by atoms with Crippen LogP contribution < -0.4 is 5.32 Å². The molecule has 0 aliphatic carbocycles. The van der Waals surface area contributed by atoms with Crippen molar-refractivity contribution in [2.45, 2.75) is 52.5 Å². The molecule has 0 saturated carbocycles. The maximum atomic E-state index is 13.5. The molecule has 5 rings (SSSR count). The lowest BCUT2D eigenvalue weighted by Crippen LogP contribution is -2.27. The molecule has 4 heteroatoms. The van der Waals surface area contributed by atoms with E-state index in [0.29, 0.717) is 6.04 Å². The van der Waals surface area contributed by atoms with E-state index >= 15 is 0 Å². The van der Waals surface area contributed by atoms with Crippen molar-refractivity contribution in [3.63, 3.8) is 0 Å². The van der Waals surface area contributed by atoms with Crippen LogP contribution in [0.5, 0.6) is 0 Å². The van der Waals surface area contributed by atoms with Crippen molar-refractivity contribution in [2.75, 3.05) is 6.54 Å². The minimum Gasteiger partial charge on any atom is -0.360 e. The Balaban J connectivity index is 1.30. The zero-order chi connectivity index (χ0) is 22.2. The molecule has 168 valence electrons. The van der Waals surface area contributed by atoms with Gasteiger partial charge in [-0.25, -0.2) is 4.39 Å². The second-order valence-corrected chi connectivity index (χ2v) is 10.0. The highest BCUT2D eigenvalue weighted by atomic mass is 19.1. The number of fused-ring (bicyclic) bond motifs is 2. The average molecular weight is 432 g/mol. The molecule has 1 saturated heterocycles. The molecule has 2 aromatic heterocycles. The number of hydrogen-bond donors (Lipinski definition) is 3. The summed E-state index contributed by atoms with van der Waals surface area (Å²) in [5, 5.41) is 5.98. The Kier molecular flexibility index (Phi) is 5.81. The molecular formula is C28H34FN3. The molecule has 0 spiro atoms. The fraction of sp³-hybridized carbons (Fsp3) is 0.429. The maximum Gasteiger partial charge on any atom is 0.125 e. The van der Waals surface area contributed by atoms with Crippen LogP contribution in [0.2, 0.25) is 0 Å². The Morgan fingerprint density at radius 3 is 2.75 bits per heavy atom. The largest absolute Gasteiger partial charge is 0.360 e. The molecule has 4 unspecified atom stereocenters. The van der Waals surface area contributed by atoms with Crippen LogP contribution in [0.3, 0.4) is 0 Å². The monoisotopic (exact) mass is 431 g/mol. The second-order valence-electron chi connectivity index (χ2n) is 10.0. The fourth-order valence-corrected chi connectivity index (χ4v) is 5.56. The van der Waals surface area contributed by atoms with Crippen LogP contribution in [0.4, 0.5) is 4.39 Å². The van der Waals surface area contributed by atoms with Gasteiger partial charge in [0.15, 0.2) is 0 Å². The van der Waals surface area contributed by atoms with Crippen LogP contribution in [-0.4, -0.2) is 22.6 Å². The molecule has 4 atom stereocenters. The van der Waals surface area contributed by atoms with Crippen LogP contribution in [-0.2, 0) is 6.42 Å². The molecular weight excluding hydrogens is 397 g/mol. The molecule has 1 aliphatic rings. The Bertz CT molecular complexity index is 1220. The van der Waals surface area contributed by atoms with Crippen molar-refractivity contribution < 1.29 is 4.39 Å². The molecule has 1 fully saturated rings. The van der Waals surface area contributed by atoms with Crippen molar-refractivity contribution in [1.29, 1.82) is 0 Å². The number of rotatable bonds is 5. The molecule has 2 aromatic carbocycles. The zero-order valence-corrected chi connectivity index (χ0v) is 19.3. The van der Waals surface area contributed by atoms with Gasteiger partial charge in [0.2, 0.25) is 0 Å². The predicted molar refractivity (Wildman–Crippen MR) is 132 cm³/mol. The third-order valence-corrected chi connectivity index (χ3v) is 7.74. The van der Waals surface area contributed by atoms with Crippen LogP contribution >= 0.6 is 0 Å². The summed E-state index contributed by atoms with van der Waals surface area (Å²) in [6.07, 6.45) is 6.88. The molecule has 1 aliphatic heterocycles. The molecule has 4 aromatic rings. The van der Waals surface area contributed by atoms with Crippen molar-refractivity contribution >= 4 is 21.8 Å². The first-order valence-electron chi connectivity index (χ1n) is 12.1. The van der Waals surface area contributed by atoms with Crippen molar-refractivity contribution in [2.24, 2.45) is 17.8 Å². The lowest BCUT2D eigenvalue weighted by Gasteiger charge is -2.26. The van der Waals surface area contributed by atoms with Gasteiger partial charge in [-0.05, 0) is 98.9 Å². The summed E-state index contributed by atoms with van der Waals surface area (Å²) in [5.74, 6) is 2.12. The summed E-state index contributed by atoms with van der Waals surface area (Å²) < 4.78 is 13.5. The first kappa shape index (κ1) is 21.3. The van der Waals surface area contributed by atoms with Crippen molar-refractivity contribution in [3.05, 3.63) is 60.2 Å². The molecule has 0 bridgehead atoms. The number of H-pyrrole nitrogens is 2. The van der Waals surface area contributed by atoms with Gasteiger partial charge >= 0.3 is 0 Å². The van der Waals surface area contributed by atoms with Gasteiger partial charge in [-0.15, -0.1) is 0 Å². The minimum atomic E-state index is -0.213. The highest BCUT2D eigenvalue weighted by Gasteiger charge is 2.27. The maximum absolute atomic E-state index is 13.5. The number of aromatic nitrogens is 2. The summed E-state index contributed by atoms with van der Waals surface area (Å²) >= 11 is 0. The summed E-state index contributed by atoms with van der Waals surface area (Å²) in [4.78, 5) is 6.82. The summed E-state index contributed by atoms with van der Waals surface area (Å²) in [7, 11) is 0. The Morgan fingerprint density at radius 1 is 1.00 bits per heavy atom. The minimum absolute atomic E-state index is 0.213. The highest BCUT2D eigenvalue weighted by Crippen LogP contribution is 2.33. The van der Waals surface area contributed by atoms with Gasteiger partial charge in [-0.3, -0.25) is 0 Å². The number of nitrogens with one attached hydrogen (secondary N) is 3. The van der Waals surface area contributed by atoms with Crippen molar-refractivity contribution in [3.8, 4) is 11.1 Å². The summed E-state index contributed by atoms with van der Waals surface area (Å²) in [5.41, 5.74) is 5.61. The van der Waals surface area contributed by atoms with Gasteiger partial charge in [-0.2, -0.15) is 0 Å². The van der Waals surface area contributed by atoms with E-state index in [1.165, 1.54) is 41.9 Å². The number of hydrogen-bond acceptors (Lipinski definition) is 1. The van der Waals surface area contributed by atoms with Gasteiger partial charge in [0.25, 0.3) is 0 Å². The van der Waals surface area contributed by atoms with Gasteiger partial charge in [0, 0.05) is 45.3 Å². The molecule has 3 heterocycles. The molecule has 0 radical (unpaired) electrons. The topological polar surface area (TPSA) is 43.6 Å². The Morgan fingerprint density at radius 2 is 1.88 bits per heavy atom. The second kappa shape index (κ2) is 8.74. The summed E-state index contributed by atoms with van der Waals surface area (Å²) in [6.45, 7) is 8.31.